The number of methoxy groups -OCH3 is 1. The molecule has 0 atom stereocenters. The van der Waals surface area contributed by atoms with Crippen LogP contribution >= 0.6 is 0 Å². The van der Waals surface area contributed by atoms with Crippen LogP contribution in [0.3, 0.4) is 0 Å². The number of ether oxygens (including phenoxy) is 1. The first kappa shape index (κ1) is 11.9. The molecule has 0 bridgehead atoms. The average molecular weight is 208 g/mol. The number of benzene rings is 1. The Morgan fingerprint density at radius 3 is 1.73 bits per heavy atom. The molecular formula is C12H20N2O. The van der Waals surface area contributed by atoms with Crippen molar-refractivity contribution in [3.05, 3.63) is 23.8 Å². The highest BCUT2D eigenvalue weighted by molar-refractivity contribution is 5.60. The van der Waals surface area contributed by atoms with Crippen LogP contribution in [0, 0.1) is 0 Å². The van der Waals surface area contributed by atoms with Gasteiger partial charge in [-0.05, 0) is 23.8 Å². The molecule has 84 valence electrons. The van der Waals surface area contributed by atoms with Gasteiger partial charge in [0, 0.05) is 46.7 Å². The molecule has 0 saturated heterocycles. The standard InChI is InChI=1S/C12H20N2O/c1-13(2)11-6-10(9-15-5)7-12(8-11)14(3)4/h6-8H,9H2,1-5H3. The molecule has 0 N–H and O–H groups in total. The van der Waals surface area contributed by atoms with Crippen LogP contribution in [0.1, 0.15) is 5.56 Å². The molecule has 3 nitrogen and oxygen atoms in total. The molecular weight excluding hydrogens is 188 g/mol. The first-order chi connectivity index (χ1) is 7.04. The van der Waals surface area contributed by atoms with Crippen LogP contribution in [-0.4, -0.2) is 35.3 Å². The summed E-state index contributed by atoms with van der Waals surface area (Å²) in [6.45, 7) is 0.655. The summed E-state index contributed by atoms with van der Waals surface area (Å²) in [7, 11) is 9.91. The molecule has 0 heterocycles. The van der Waals surface area contributed by atoms with E-state index in [1.54, 1.807) is 7.11 Å². The van der Waals surface area contributed by atoms with Gasteiger partial charge in [0.15, 0.2) is 0 Å². The summed E-state index contributed by atoms with van der Waals surface area (Å²) in [6.07, 6.45) is 0. The van der Waals surface area contributed by atoms with Crippen LogP contribution in [0.4, 0.5) is 11.4 Å². The molecule has 0 fully saturated rings. The highest BCUT2D eigenvalue weighted by Crippen LogP contribution is 2.23. The maximum Gasteiger partial charge on any atom is 0.0714 e. The van der Waals surface area contributed by atoms with E-state index in [0.29, 0.717) is 6.61 Å². The SMILES string of the molecule is COCc1cc(N(C)C)cc(N(C)C)c1. The molecule has 0 unspecified atom stereocenters. The highest BCUT2D eigenvalue weighted by atomic mass is 16.5. The minimum absolute atomic E-state index is 0.655. The molecule has 0 aromatic heterocycles. The van der Waals surface area contributed by atoms with Crippen molar-refractivity contribution in [2.75, 3.05) is 45.1 Å². The molecule has 3 heteroatoms. The van der Waals surface area contributed by atoms with E-state index in [9.17, 15) is 0 Å². The van der Waals surface area contributed by atoms with Gasteiger partial charge in [0.25, 0.3) is 0 Å². The molecule has 1 rings (SSSR count). The Bertz CT molecular complexity index is 295. The van der Waals surface area contributed by atoms with E-state index in [2.05, 4.69) is 28.0 Å². The lowest BCUT2D eigenvalue weighted by molar-refractivity contribution is 0.185. The van der Waals surface area contributed by atoms with E-state index in [1.807, 2.05) is 28.2 Å². The van der Waals surface area contributed by atoms with Crippen LogP contribution < -0.4 is 9.80 Å². The number of hydrogen-bond acceptors (Lipinski definition) is 3. The molecule has 0 spiro atoms. The van der Waals surface area contributed by atoms with Crippen molar-refractivity contribution in [3.63, 3.8) is 0 Å². The normalized spacial score (nSPS) is 10.2. The lowest BCUT2D eigenvalue weighted by atomic mass is 10.1. The van der Waals surface area contributed by atoms with Crippen molar-refractivity contribution in [1.82, 2.24) is 0 Å². The Morgan fingerprint density at radius 2 is 1.40 bits per heavy atom. The van der Waals surface area contributed by atoms with E-state index in [-0.39, 0.29) is 0 Å². The molecule has 0 aliphatic carbocycles. The van der Waals surface area contributed by atoms with Crippen LogP contribution in [0.2, 0.25) is 0 Å². The second-order valence-corrected chi connectivity index (χ2v) is 4.08. The van der Waals surface area contributed by atoms with Gasteiger partial charge in [-0.15, -0.1) is 0 Å². The maximum absolute atomic E-state index is 5.16. The summed E-state index contributed by atoms with van der Waals surface area (Å²) in [5.74, 6) is 0. The number of nitrogens with zero attached hydrogens (tertiary/aromatic N) is 2. The van der Waals surface area contributed by atoms with Gasteiger partial charge in [0.05, 0.1) is 6.61 Å². The third-order valence-electron chi connectivity index (χ3n) is 2.31. The monoisotopic (exact) mass is 208 g/mol. The summed E-state index contributed by atoms with van der Waals surface area (Å²) >= 11 is 0. The van der Waals surface area contributed by atoms with Gasteiger partial charge in [-0.25, -0.2) is 0 Å². The Balaban J connectivity index is 3.08. The quantitative estimate of drug-likeness (QED) is 0.752. The fourth-order valence-corrected chi connectivity index (χ4v) is 1.42. The number of hydrogen-bond donors (Lipinski definition) is 0. The van der Waals surface area contributed by atoms with E-state index in [0.717, 1.165) is 0 Å². The molecule has 0 aliphatic rings. The summed E-state index contributed by atoms with van der Waals surface area (Å²) in [6, 6.07) is 6.46. The molecule has 1 aromatic carbocycles. The fourth-order valence-electron chi connectivity index (χ4n) is 1.42. The lowest BCUT2D eigenvalue weighted by Crippen LogP contribution is -2.13. The average Bonchev–Trinajstić information content (AvgIpc) is 2.17. The van der Waals surface area contributed by atoms with Gasteiger partial charge in [0.1, 0.15) is 0 Å². The zero-order valence-electron chi connectivity index (χ0n) is 10.2. The Hall–Kier alpha value is -1.22. The number of rotatable bonds is 4. The zero-order valence-corrected chi connectivity index (χ0v) is 10.2. The summed E-state index contributed by atoms with van der Waals surface area (Å²) in [5, 5.41) is 0. The minimum atomic E-state index is 0.655. The van der Waals surface area contributed by atoms with Crippen molar-refractivity contribution in [2.45, 2.75) is 6.61 Å². The van der Waals surface area contributed by atoms with E-state index < -0.39 is 0 Å². The fraction of sp³-hybridized carbons (Fsp3) is 0.500. The molecule has 15 heavy (non-hydrogen) atoms. The van der Waals surface area contributed by atoms with Gasteiger partial charge >= 0.3 is 0 Å². The van der Waals surface area contributed by atoms with Gasteiger partial charge in [-0.3, -0.25) is 0 Å². The minimum Gasteiger partial charge on any atom is -0.380 e. The first-order valence-corrected chi connectivity index (χ1v) is 5.02. The molecule has 0 radical (unpaired) electrons. The van der Waals surface area contributed by atoms with Crippen LogP contribution in [0.25, 0.3) is 0 Å². The van der Waals surface area contributed by atoms with Crippen molar-refractivity contribution in [1.29, 1.82) is 0 Å². The topological polar surface area (TPSA) is 15.7 Å². The van der Waals surface area contributed by atoms with Gasteiger partial charge in [0.2, 0.25) is 0 Å². The summed E-state index contributed by atoms with van der Waals surface area (Å²) < 4.78 is 5.16. The summed E-state index contributed by atoms with van der Waals surface area (Å²) in [4.78, 5) is 4.21. The molecule has 1 aromatic rings. The van der Waals surface area contributed by atoms with Crippen molar-refractivity contribution in [3.8, 4) is 0 Å². The Morgan fingerprint density at radius 1 is 0.933 bits per heavy atom. The largest absolute Gasteiger partial charge is 0.380 e. The van der Waals surface area contributed by atoms with Crippen LogP contribution in [-0.2, 0) is 11.3 Å². The second-order valence-electron chi connectivity index (χ2n) is 4.08. The number of anilines is 2. The van der Waals surface area contributed by atoms with E-state index in [4.69, 9.17) is 4.74 Å². The maximum atomic E-state index is 5.16. The van der Waals surface area contributed by atoms with Gasteiger partial charge < -0.3 is 14.5 Å². The predicted octanol–water partition coefficient (Wildman–Crippen LogP) is 1.97. The van der Waals surface area contributed by atoms with Crippen molar-refractivity contribution >= 4 is 11.4 Å². The Labute approximate surface area is 92.3 Å². The van der Waals surface area contributed by atoms with Crippen molar-refractivity contribution in [2.24, 2.45) is 0 Å². The van der Waals surface area contributed by atoms with E-state index in [1.165, 1.54) is 16.9 Å². The third kappa shape index (κ3) is 3.13. The first-order valence-electron chi connectivity index (χ1n) is 5.02. The Kier molecular flexibility index (Phi) is 3.97. The second kappa shape index (κ2) is 5.03. The van der Waals surface area contributed by atoms with Crippen molar-refractivity contribution < 1.29 is 4.74 Å². The molecule has 0 aliphatic heterocycles. The van der Waals surface area contributed by atoms with Gasteiger partial charge in [-0.1, -0.05) is 0 Å². The third-order valence-corrected chi connectivity index (χ3v) is 2.31. The van der Waals surface area contributed by atoms with Crippen LogP contribution in [0.5, 0.6) is 0 Å². The molecule has 0 saturated carbocycles. The van der Waals surface area contributed by atoms with Gasteiger partial charge in [-0.2, -0.15) is 0 Å². The summed E-state index contributed by atoms with van der Waals surface area (Å²) in [5.41, 5.74) is 3.61. The molecule has 0 amide bonds. The highest BCUT2D eigenvalue weighted by Gasteiger charge is 2.03. The predicted molar refractivity (Wildman–Crippen MR) is 65.8 cm³/mol. The smallest absolute Gasteiger partial charge is 0.0714 e. The zero-order chi connectivity index (χ0) is 11.4. The van der Waals surface area contributed by atoms with Crippen LogP contribution in [0.15, 0.2) is 18.2 Å². The lowest BCUT2D eigenvalue weighted by Gasteiger charge is -2.19. The van der Waals surface area contributed by atoms with E-state index >= 15 is 0 Å².